The fourth-order valence-corrected chi connectivity index (χ4v) is 1.19. The Morgan fingerprint density at radius 3 is 2.83 bits per heavy atom. The molecule has 0 saturated heterocycles. The topological polar surface area (TPSA) is 46.2 Å². The highest BCUT2D eigenvalue weighted by Gasteiger charge is 2.04. The molecule has 1 aromatic rings. The smallest absolute Gasteiger partial charge is 0.0912 e. The van der Waals surface area contributed by atoms with Crippen molar-refractivity contribution in [1.82, 2.24) is 0 Å². The second-order valence-corrected chi connectivity index (χ2v) is 2.90. The summed E-state index contributed by atoms with van der Waals surface area (Å²) in [6.07, 6.45) is -0.576. The molecule has 0 radical (unpaired) electrons. The molecule has 0 spiro atoms. The molecule has 2 nitrogen and oxygen atoms in total. The fourth-order valence-electron chi connectivity index (χ4n) is 1.02. The number of nitrogens with two attached hydrogens (primary N) is 1. The molecule has 1 atom stereocenters. The molecule has 0 bridgehead atoms. The van der Waals surface area contributed by atoms with Crippen molar-refractivity contribution < 1.29 is 5.11 Å². The highest BCUT2D eigenvalue weighted by Crippen LogP contribution is 2.14. The van der Waals surface area contributed by atoms with Crippen LogP contribution >= 0.6 is 11.6 Å². The van der Waals surface area contributed by atoms with Crippen molar-refractivity contribution in [2.24, 2.45) is 5.73 Å². The van der Waals surface area contributed by atoms with E-state index in [0.717, 1.165) is 11.1 Å². The maximum atomic E-state index is 9.38. The molecule has 0 aromatic heterocycles. The lowest BCUT2D eigenvalue weighted by atomic mass is 10.1. The maximum absolute atomic E-state index is 9.38. The van der Waals surface area contributed by atoms with Crippen molar-refractivity contribution in [2.75, 3.05) is 6.54 Å². The molecule has 1 aromatic carbocycles. The number of alkyl halides is 1. The standard InChI is InChI=1S/C9H12ClNO/c10-5-7-2-1-3-8(4-7)9(12)6-11/h1-4,9,12H,5-6,11H2/t9-/m0/s1. The van der Waals surface area contributed by atoms with Crippen LogP contribution in [0.2, 0.25) is 0 Å². The molecule has 66 valence electrons. The van der Waals surface area contributed by atoms with Gasteiger partial charge in [-0.15, -0.1) is 11.6 Å². The zero-order valence-corrected chi connectivity index (χ0v) is 7.46. The van der Waals surface area contributed by atoms with Gasteiger partial charge in [-0.2, -0.15) is 0 Å². The third-order valence-corrected chi connectivity index (χ3v) is 2.02. The molecule has 0 amide bonds. The Balaban J connectivity index is 2.86. The van der Waals surface area contributed by atoms with Crippen molar-refractivity contribution in [3.63, 3.8) is 0 Å². The Labute approximate surface area is 77.0 Å². The third kappa shape index (κ3) is 2.21. The Morgan fingerprint density at radius 1 is 1.50 bits per heavy atom. The summed E-state index contributed by atoms with van der Waals surface area (Å²) in [7, 11) is 0. The van der Waals surface area contributed by atoms with E-state index in [9.17, 15) is 5.11 Å². The summed E-state index contributed by atoms with van der Waals surface area (Å²) in [5, 5.41) is 9.38. The number of hydrogen-bond acceptors (Lipinski definition) is 2. The van der Waals surface area contributed by atoms with E-state index in [4.69, 9.17) is 17.3 Å². The number of halogens is 1. The molecule has 1 rings (SSSR count). The number of hydrogen-bond donors (Lipinski definition) is 2. The van der Waals surface area contributed by atoms with Gasteiger partial charge in [0.1, 0.15) is 0 Å². The van der Waals surface area contributed by atoms with Crippen LogP contribution in [-0.4, -0.2) is 11.7 Å². The number of benzene rings is 1. The van der Waals surface area contributed by atoms with E-state index < -0.39 is 6.10 Å². The molecule has 0 fully saturated rings. The van der Waals surface area contributed by atoms with Gasteiger partial charge < -0.3 is 10.8 Å². The van der Waals surface area contributed by atoms with Gasteiger partial charge in [0.15, 0.2) is 0 Å². The summed E-state index contributed by atoms with van der Waals surface area (Å²) in [6.45, 7) is 0.242. The van der Waals surface area contributed by atoms with Crippen LogP contribution in [-0.2, 0) is 5.88 Å². The van der Waals surface area contributed by atoms with Crippen LogP contribution < -0.4 is 5.73 Å². The van der Waals surface area contributed by atoms with Crippen LogP contribution in [0.4, 0.5) is 0 Å². The molecular formula is C9H12ClNO. The van der Waals surface area contributed by atoms with Crippen molar-refractivity contribution >= 4 is 11.6 Å². The zero-order chi connectivity index (χ0) is 8.97. The highest BCUT2D eigenvalue weighted by molar-refractivity contribution is 6.17. The minimum Gasteiger partial charge on any atom is -0.387 e. The van der Waals surface area contributed by atoms with Gasteiger partial charge in [0.05, 0.1) is 6.10 Å². The molecular weight excluding hydrogens is 174 g/mol. The van der Waals surface area contributed by atoms with Crippen molar-refractivity contribution in [2.45, 2.75) is 12.0 Å². The average Bonchev–Trinajstić information content (AvgIpc) is 2.17. The van der Waals surface area contributed by atoms with E-state index in [-0.39, 0.29) is 6.54 Å². The fraction of sp³-hybridized carbons (Fsp3) is 0.333. The first-order chi connectivity index (χ1) is 5.77. The number of aliphatic hydroxyl groups is 1. The molecule has 0 heterocycles. The van der Waals surface area contributed by atoms with E-state index in [1.807, 2.05) is 24.3 Å². The second-order valence-electron chi connectivity index (χ2n) is 2.63. The number of rotatable bonds is 3. The third-order valence-electron chi connectivity index (χ3n) is 1.71. The minimum atomic E-state index is -0.576. The van der Waals surface area contributed by atoms with Gasteiger partial charge in [-0.3, -0.25) is 0 Å². The SMILES string of the molecule is NC[C@H](O)c1cccc(CCl)c1. The van der Waals surface area contributed by atoms with Gasteiger partial charge in [-0.1, -0.05) is 24.3 Å². The molecule has 3 heteroatoms. The van der Waals surface area contributed by atoms with E-state index in [1.165, 1.54) is 0 Å². The first-order valence-corrected chi connectivity index (χ1v) is 4.34. The van der Waals surface area contributed by atoms with Crippen LogP contribution in [0.15, 0.2) is 24.3 Å². The monoisotopic (exact) mass is 185 g/mol. The van der Waals surface area contributed by atoms with Crippen LogP contribution in [0.1, 0.15) is 17.2 Å². The van der Waals surface area contributed by atoms with Crippen LogP contribution in [0.3, 0.4) is 0 Å². The Kier molecular flexibility index (Phi) is 3.53. The van der Waals surface area contributed by atoms with Crippen LogP contribution in [0.25, 0.3) is 0 Å². The molecule has 3 N–H and O–H groups in total. The van der Waals surface area contributed by atoms with Gasteiger partial charge in [-0.05, 0) is 11.1 Å². The lowest BCUT2D eigenvalue weighted by Gasteiger charge is -2.08. The molecule has 0 aliphatic heterocycles. The summed E-state index contributed by atoms with van der Waals surface area (Å²) in [5.41, 5.74) is 7.14. The van der Waals surface area contributed by atoms with Gasteiger partial charge >= 0.3 is 0 Å². The lowest BCUT2D eigenvalue weighted by molar-refractivity contribution is 0.186. The van der Waals surface area contributed by atoms with E-state index in [0.29, 0.717) is 5.88 Å². The van der Waals surface area contributed by atoms with Crippen molar-refractivity contribution in [3.05, 3.63) is 35.4 Å². The van der Waals surface area contributed by atoms with Crippen molar-refractivity contribution in [3.8, 4) is 0 Å². The summed E-state index contributed by atoms with van der Waals surface area (Å²) in [4.78, 5) is 0. The summed E-state index contributed by atoms with van der Waals surface area (Å²) < 4.78 is 0. The van der Waals surface area contributed by atoms with Gasteiger partial charge in [0.2, 0.25) is 0 Å². The zero-order valence-electron chi connectivity index (χ0n) is 6.70. The summed E-state index contributed by atoms with van der Waals surface area (Å²) in [5.74, 6) is 0.463. The van der Waals surface area contributed by atoms with E-state index >= 15 is 0 Å². The van der Waals surface area contributed by atoms with Crippen LogP contribution in [0, 0.1) is 0 Å². The molecule has 12 heavy (non-hydrogen) atoms. The predicted molar refractivity (Wildman–Crippen MR) is 50.0 cm³/mol. The Morgan fingerprint density at radius 2 is 2.25 bits per heavy atom. The molecule has 0 aliphatic carbocycles. The Bertz CT molecular complexity index is 252. The quantitative estimate of drug-likeness (QED) is 0.700. The average molecular weight is 186 g/mol. The normalized spacial score (nSPS) is 12.9. The van der Waals surface area contributed by atoms with Crippen LogP contribution in [0.5, 0.6) is 0 Å². The first kappa shape index (κ1) is 9.52. The summed E-state index contributed by atoms with van der Waals surface area (Å²) >= 11 is 5.63. The maximum Gasteiger partial charge on any atom is 0.0912 e. The largest absolute Gasteiger partial charge is 0.387 e. The summed E-state index contributed by atoms with van der Waals surface area (Å²) in [6, 6.07) is 7.49. The van der Waals surface area contributed by atoms with Gasteiger partial charge in [0, 0.05) is 12.4 Å². The first-order valence-electron chi connectivity index (χ1n) is 3.81. The predicted octanol–water partition coefficient (Wildman–Crippen LogP) is 1.42. The molecule has 0 saturated carbocycles. The number of aliphatic hydroxyl groups excluding tert-OH is 1. The minimum absolute atomic E-state index is 0.242. The highest BCUT2D eigenvalue weighted by atomic mass is 35.5. The Hall–Kier alpha value is -0.570. The lowest BCUT2D eigenvalue weighted by Crippen LogP contribution is -2.11. The van der Waals surface area contributed by atoms with E-state index in [1.54, 1.807) is 0 Å². The van der Waals surface area contributed by atoms with Crippen molar-refractivity contribution in [1.29, 1.82) is 0 Å². The van der Waals surface area contributed by atoms with E-state index in [2.05, 4.69) is 0 Å². The second kappa shape index (κ2) is 4.45. The van der Waals surface area contributed by atoms with Gasteiger partial charge in [0.25, 0.3) is 0 Å². The molecule has 0 aliphatic rings. The molecule has 0 unspecified atom stereocenters. The van der Waals surface area contributed by atoms with Gasteiger partial charge in [-0.25, -0.2) is 0 Å².